The smallest absolute Gasteiger partial charge is 0.0175 e. The molecule has 1 nitrogen and oxygen atoms in total. The van der Waals surface area contributed by atoms with Crippen molar-refractivity contribution in [3.05, 3.63) is 0 Å². The molecule has 0 amide bonds. The first-order valence-corrected chi connectivity index (χ1v) is 5.54. The summed E-state index contributed by atoms with van der Waals surface area (Å²) in [4.78, 5) is 0. The summed E-state index contributed by atoms with van der Waals surface area (Å²) in [7, 11) is 1.24. The molecule has 12 heavy (non-hydrogen) atoms. The Kier molecular flexibility index (Phi) is 4.44. The van der Waals surface area contributed by atoms with Crippen molar-refractivity contribution in [3.8, 4) is 0 Å². The Balaban J connectivity index is 3.92. The molecule has 0 unspecified atom stereocenters. The molecule has 0 bridgehead atoms. The van der Waals surface area contributed by atoms with Gasteiger partial charge in [0.1, 0.15) is 0 Å². The molecule has 0 heterocycles. The zero-order chi connectivity index (χ0) is 9.83. The van der Waals surface area contributed by atoms with E-state index >= 15 is 0 Å². The molecule has 0 atom stereocenters. The molecule has 2 heteroatoms. The van der Waals surface area contributed by atoms with Crippen LogP contribution in [0, 0.1) is 5.41 Å². The molecule has 0 aromatic carbocycles. The zero-order valence-electron chi connectivity index (χ0n) is 9.23. The first-order chi connectivity index (χ1) is 5.27. The van der Waals surface area contributed by atoms with Gasteiger partial charge in [-0.15, -0.1) is 0 Å². The quantitative estimate of drug-likeness (QED) is 0.667. The van der Waals surface area contributed by atoms with E-state index in [4.69, 9.17) is 0 Å². The Labute approximate surface area is 78.8 Å². The zero-order valence-corrected chi connectivity index (χ0v) is 10.1. The van der Waals surface area contributed by atoms with Gasteiger partial charge in [-0.3, -0.25) is 5.09 Å². The summed E-state index contributed by atoms with van der Waals surface area (Å²) in [5.74, 6) is 2.33. The fourth-order valence-electron chi connectivity index (χ4n) is 0.492. The molecule has 0 aromatic rings. The second-order valence-electron chi connectivity index (χ2n) is 4.96. The lowest BCUT2D eigenvalue weighted by molar-refractivity contribution is 0.518. The maximum Gasteiger partial charge on any atom is 0.0175 e. The van der Waals surface area contributed by atoms with Crippen LogP contribution in [0.4, 0.5) is 0 Å². The van der Waals surface area contributed by atoms with Gasteiger partial charge >= 0.3 is 0 Å². The first-order valence-electron chi connectivity index (χ1n) is 4.58. The molecule has 0 saturated heterocycles. The van der Waals surface area contributed by atoms with Crippen LogP contribution in [-0.4, -0.2) is 11.3 Å². The summed E-state index contributed by atoms with van der Waals surface area (Å²) in [5, 5.41) is 3.43. The Morgan fingerprint density at radius 1 is 1.17 bits per heavy atom. The largest absolute Gasteiger partial charge is 0.266 e. The molecule has 0 spiro atoms. The van der Waals surface area contributed by atoms with Crippen LogP contribution in [0.15, 0.2) is 0 Å². The highest BCUT2D eigenvalue weighted by Crippen LogP contribution is 2.19. The average Bonchev–Trinajstić information content (AvgIpc) is 1.84. The summed E-state index contributed by atoms with van der Waals surface area (Å²) in [6.07, 6.45) is 1.20. The minimum Gasteiger partial charge on any atom is -0.266 e. The fraction of sp³-hybridized carbons (Fsp3) is 0.900. The standard InChI is InChI=1S/C10H22NP/c1-7-10(5,6)8-12-11-9(2,3)4/h8,11H,7H2,1-6H3. The third-order valence-corrected chi connectivity index (χ3v) is 3.35. The number of nitrogens with one attached hydrogen (secondary N) is 1. The molecule has 0 radical (unpaired) electrons. The van der Waals surface area contributed by atoms with E-state index < -0.39 is 0 Å². The van der Waals surface area contributed by atoms with E-state index in [-0.39, 0.29) is 5.54 Å². The van der Waals surface area contributed by atoms with Crippen LogP contribution in [0.25, 0.3) is 0 Å². The van der Waals surface area contributed by atoms with Gasteiger partial charge in [0.05, 0.1) is 0 Å². The minimum absolute atomic E-state index is 0.224. The molecule has 72 valence electrons. The van der Waals surface area contributed by atoms with Crippen LogP contribution < -0.4 is 5.09 Å². The summed E-state index contributed by atoms with van der Waals surface area (Å²) in [6, 6.07) is 0. The van der Waals surface area contributed by atoms with Crippen molar-refractivity contribution in [2.45, 2.75) is 53.5 Å². The molecule has 0 fully saturated rings. The van der Waals surface area contributed by atoms with Crippen LogP contribution in [-0.2, 0) is 0 Å². The van der Waals surface area contributed by atoms with Crippen molar-refractivity contribution in [2.75, 3.05) is 0 Å². The molecule has 0 aliphatic rings. The molecular formula is C10H22NP. The van der Waals surface area contributed by atoms with Gasteiger partial charge in [-0.2, -0.15) is 0 Å². The third kappa shape index (κ3) is 6.82. The van der Waals surface area contributed by atoms with Crippen molar-refractivity contribution in [1.29, 1.82) is 0 Å². The van der Waals surface area contributed by atoms with Gasteiger partial charge in [-0.1, -0.05) is 20.8 Å². The van der Waals surface area contributed by atoms with E-state index in [1.807, 2.05) is 0 Å². The maximum atomic E-state index is 3.43. The van der Waals surface area contributed by atoms with Crippen molar-refractivity contribution in [2.24, 2.45) is 5.41 Å². The topological polar surface area (TPSA) is 12.0 Å². The Hall–Kier alpha value is 0.130. The van der Waals surface area contributed by atoms with E-state index in [0.29, 0.717) is 5.41 Å². The molecule has 0 saturated carbocycles. The van der Waals surface area contributed by atoms with E-state index in [2.05, 4.69) is 52.4 Å². The lowest BCUT2D eigenvalue weighted by atomic mass is 9.94. The number of rotatable bonds is 3. The highest BCUT2D eigenvalue weighted by atomic mass is 31.1. The third-order valence-electron chi connectivity index (χ3n) is 1.73. The summed E-state index contributed by atoms with van der Waals surface area (Å²) < 4.78 is 0. The van der Waals surface area contributed by atoms with Gasteiger partial charge < -0.3 is 0 Å². The Morgan fingerprint density at radius 3 is 2.00 bits per heavy atom. The van der Waals surface area contributed by atoms with Crippen molar-refractivity contribution in [3.63, 3.8) is 0 Å². The Bertz CT molecular complexity index is 154. The van der Waals surface area contributed by atoms with Crippen LogP contribution in [0.3, 0.4) is 0 Å². The van der Waals surface area contributed by atoms with E-state index in [1.165, 1.54) is 14.8 Å². The van der Waals surface area contributed by atoms with E-state index in [0.717, 1.165) is 0 Å². The van der Waals surface area contributed by atoms with Gasteiger partial charge in [0, 0.05) is 5.54 Å². The van der Waals surface area contributed by atoms with Crippen molar-refractivity contribution >= 4 is 14.2 Å². The average molecular weight is 187 g/mol. The highest BCUT2D eigenvalue weighted by Gasteiger charge is 2.11. The molecular weight excluding hydrogens is 165 g/mol. The monoisotopic (exact) mass is 187 g/mol. The minimum atomic E-state index is 0.224. The highest BCUT2D eigenvalue weighted by molar-refractivity contribution is 7.36. The van der Waals surface area contributed by atoms with E-state index in [9.17, 15) is 0 Å². The van der Waals surface area contributed by atoms with Gasteiger partial charge in [-0.25, -0.2) is 0 Å². The SMILES string of the molecule is CCC(C)(C)C=PNC(C)(C)C. The Morgan fingerprint density at radius 2 is 1.67 bits per heavy atom. The van der Waals surface area contributed by atoms with Crippen LogP contribution in [0.1, 0.15) is 48.0 Å². The molecule has 0 rings (SSSR count). The van der Waals surface area contributed by atoms with Crippen LogP contribution >= 0.6 is 8.35 Å². The van der Waals surface area contributed by atoms with Gasteiger partial charge in [0.15, 0.2) is 0 Å². The predicted octanol–water partition coefficient (Wildman–Crippen LogP) is 3.47. The lowest BCUT2D eigenvalue weighted by Crippen LogP contribution is -2.28. The second kappa shape index (κ2) is 4.39. The molecule has 0 aliphatic heterocycles. The van der Waals surface area contributed by atoms with Gasteiger partial charge in [0.2, 0.25) is 0 Å². The normalized spacial score (nSPS) is 14.2. The number of hydrogen-bond acceptors (Lipinski definition) is 1. The molecule has 0 aromatic heterocycles. The van der Waals surface area contributed by atoms with Gasteiger partial charge in [0.25, 0.3) is 0 Å². The van der Waals surface area contributed by atoms with E-state index in [1.54, 1.807) is 0 Å². The predicted molar refractivity (Wildman–Crippen MR) is 59.9 cm³/mol. The summed E-state index contributed by atoms with van der Waals surface area (Å²) in [6.45, 7) is 13.3. The van der Waals surface area contributed by atoms with Crippen LogP contribution in [0.2, 0.25) is 0 Å². The second-order valence-corrected chi connectivity index (χ2v) is 5.70. The molecule has 1 N–H and O–H groups in total. The van der Waals surface area contributed by atoms with Crippen LogP contribution in [0.5, 0.6) is 0 Å². The first kappa shape index (κ1) is 12.1. The fourth-order valence-corrected chi connectivity index (χ4v) is 1.48. The molecule has 0 aliphatic carbocycles. The summed E-state index contributed by atoms with van der Waals surface area (Å²) in [5.41, 5.74) is 0.585. The maximum absolute atomic E-state index is 3.43. The van der Waals surface area contributed by atoms with Crippen molar-refractivity contribution in [1.82, 2.24) is 5.09 Å². The summed E-state index contributed by atoms with van der Waals surface area (Å²) >= 11 is 0. The number of hydrogen-bond donors (Lipinski definition) is 1. The lowest BCUT2D eigenvalue weighted by Gasteiger charge is -2.20. The van der Waals surface area contributed by atoms with Gasteiger partial charge in [-0.05, 0) is 46.8 Å². The van der Waals surface area contributed by atoms with Crippen molar-refractivity contribution < 1.29 is 0 Å².